The largest absolute Gasteiger partial charge is 0.397 e. The standard InChI is InChI=1S/C19H14FN3S/c1-11-6-13(2-4-16(11)20)19-15(8-14(21)9-22-19)12-3-5-17-18(7-12)24-10-23-17/h2-10H,21H2,1H3. The van der Waals surface area contributed by atoms with E-state index in [2.05, 4.69) is 16.0 Å². The highest BCUT2D eigenvalue weighted by Gasteiger charge is 2.12. The van der Waals surface area contributed by atoms with Crippen LogP contribution in [0.3, 0.4) is 0 Å². The normalized spacial score (nSPS) is 11.1. The summed E-state index contributed by atoms with van der Waals surface area (Å²) in [5.74, 6) is -0.221. The molecule has 0 spiro atoms. The lowest BCUT2D eigenvalue weighted by atomic mass is 9.98. The molecule has 0 saturated heterocycles. The van der Waals surface area contributed by atoms with Crippen LogP contribution >= 0.6 is 11.3 Å². The Morgan fingerprint density at radius 2 is 1.83 bits per heavy atom. The average Bonchev–Trinajstić information content (AvgIpc) is 3.05. The summed E-state index contributed by atoms with van der Waals surface area (Å²) in [6.45, 7) is 1.75. The van der Waals surface area contributed by atoms with Crippen LogP contribution in [0.1, 0.15) is 5.56 Å². The number of pyridine rings is 1. The molecule has 4 aromatic rings. The molecule has 118 valence electrons. The maximum atomic E-state index is 13.6. The van der Waals surface area contributed by atoms with E-state index in [9.17, 15) is 4.39 Å². The predicted octanol–water partition coefficient (Wildman–Crippen LogP) is 5.06. The van der Waals surface area contributed by atoms with Crippen LogP contribution in [0.25, 0.3) is 32.6 Å². The first-order valence-corrected chi connectivity index (χ1v) is 8.35. The third-order valence-corrected chi connectivity index (χ3v) is 4.77. The summed E-state index contributed by atoms with van der Waals surface area (Å²) < 4.78 is 14.7. The van der Waals surface area contributed by atoms with Crippen molar-refractivity contribution in [1.29, 1.82) is 0 Å². The van der Waals surface area contributed by atoms with E-state index >= 15 is 0 Å². The Kier molecular flexibility index (Phi) is 3.50. The minimum Gasteiger partial charge on any atom is -0.397 e. The number of hydrogen-bond donors (Lipinski definition) is 1. The Morgan fingerprint density at radius 1 is 1.00 bits per heavy atom. The molecule has 0 aliphatic heterocycles. The Hall–Kier alpha value is -2.79. The molecule has 0 fully saturated rings. The Balaban J connectivity index is 1.93. The molecule has 0 aliphatic carbocycles. The van der Waals surface area contributed by atoms with Gasteiger partial charge in [0.2, 0.25) is 0 Å². The van der Waals surface area contributed by atoms with Crippen LogP contribution in [0.2, 0.25) is 0 Å². The Bertz CT molecular complexity index is 1060. The van der Waals surface area contributed by atoms with Crippen LogP contribution in [0, 0.1) is 12.7 Å². The molecule has 2 aromatic heterocycles. The molecule has 0 saturated carbocycles. The topological polar surface area (TPSA) is 51.8 Å². The molecule has 5 heteroatoms. The zero-order valence-electron chi connectivity index (χ0n) is 13.0. The van der Waals surface area contributed by atoms with Crippen LogP contribution in [-0.4, -0.2) is 9.97 Å². The van der Waals surface area contributed by atoms with Gasteiger partial charge in [-0.3, -0.25) is 4.98 Å². The maximum Gasteiger partial charge on any atom is 0.126 e. The first-order chi connectivity index (χ1) is 11.6. The summed E-state index contributed by atoms with van der Waals surface area (Å²) in [4.78, 5) is 8.81. The molecule has 0 bridgehead atoms. The number of anilines is 1. The fourth-order valence-corrected chi connectivity index (χ4v) is 3.46. The number of aryl methyl sites for hydroxylation is 1. The van der Waals surface area contributed by atoms with Gasteiger partial charge in [0, 0.05) is 11.1 Å². The van der Waals surface area contributed by atoms with Crippen LogP contribution in [0.15, 0.2) is 54.2 Å². The molecule has 0 amide bonds. The molecule has 0 radical (unpaired) electrons. The monoisotopic (exact) mass is 335 g/mol. The molecule has 0 atom stereocenters. The van der Waals surface area contributed by atoms with Gasteiger partial charge in [0.15, 0.2) is 0 Å². The first kappa shape index (κ1) is 14.8. The van der Waals surface area contributed by atoms with Crippen molar-refractivity contribution in [2.24, 2.45) is 0 Å². The molecule has 4 rings (SSSR count). The summed E-state index contributed by atoms with van der Waals surface area (Å²) in [5.41, 5.74) is 13.5. The van der Waals surface area contributed by atoms with Crippen molar-refractivity contribution in [3.8, 4) is 22.4 Å². The van der Waals surface area contributed by atoms with Gasteiger partial charge in [0.1, 0.15) is 5.82 Å². The average molecular weight is 335 g/mol. The number of nitrogen functional groups attached to an aromatic ring is 1. The van der Waals surface area contributed by atoms with Crippen molar-refractivity contribution < 1.29 is 4.39 Å². The van der Waals surface area contributed by atoms with Crippen molar-refractivity contribution in [1.82, 2.24) is 9.97 Å². The van der Waals surface area contributed by atoms with Gasteiger partial charge in [0.05, 0.1) is 33.3 Å². The molecular weight excluding hydrogens is 321 g/mol. The molecule has 0 aliphatic rings. The minimum atomic E-state index is -0.221. The van der Waals surface area contributed by atoms with E-state index in [1.165, 1.54) is 6.07 Å². The SMILES string of the molecule is Cc1cc(-c2ncc(N)cc2-c2ccc3ncsc3c2)ccc1F. The van der Waals surface area contributed by atoms with Crippen LogP contribution in [0.5, 0.6) is 0 Å². The highest BCUT2D eigenvalue weighted by molar-refractivity contribution is 7.16. The van der Waals surface area contributed by atoms with Gasteiger partial charge in [-0.25, -0.2) is 9.37 Å². The van der Waals surface area contributed by atoms with Crippen molar-refractivity contribution in [2.75, 3.05) is 5.73 Å². The van der Waals surface area contributed by atoms with Crippen LogP contribution in [0.4, 0.5) is 10.1 Å². The summed E-state index contributed by atoms with van der Waals surface area (Å²) >= 11 is 1.59. The second kappa shape index (κ2) is 5.69. The second-order valence-corrected chi connectivity index (χ2v) is 6.55. The smallest absolute Gasteiger partial charge is 0.126 e. The van der Waals surface area contributed by atoms with E-state index in [1.807, 2.05) is 29.8 Å². The number of thiazole rings is 1. The number of hydrogen-bond acceptors (Lipinski definition) is 4. The molecule has 2 aromatic carbocycles. The fourth-order valence-electron chi connectivity index (χ4n) is 2.75. The summed E-state index contributed by atoms with van der Waals surface area (Å²) in [6, 6.07) is 13.0. The van der Waals surface area contributed by atoms with E-state index in [4.69, 9.17) is 5.73 Å². The number of aromatic nitrogens is 2. The fraction of sp³-hybridized carbons (Fsp3) is 0.0526. The Morgan fingerprint density at radius 3 is 2.67 bits per heavy atom. The van der Waals surface area contributed by atoms with Gasteiger partial charge in [-0.15, -0.1) is 11.3 Å². The quantitative estimate of drug-likeness (QED) is 0.557. The van der Waals surface area contributed by atoms with Crippen molar-refractivity contribution in [2.45, 2.75) is 6.92 Å². The van der Waals surface area contributed by atoms with E-state index in [0.29, 0.717) is 11.3 Å². The maximum absolute atomic E-state index is 13.6. The number of fused-ring (bicyclic) bond motifs is 1. The number of benzene rings is 2. The molecule has 2 N–H and O–H groups in total. The Labute approximate surface area is 142 Å². The van der Waals surface area contributed by atoms with Crippen LogP contribution < -0.4 is 5.73 Å². The lowest BCUT2D eigenvalue weighted by molar-refractivity contribution is 0.619. The van der Waals surface area contributed by atoms with Crippen molar-refractivity contribution >= 4 is 27.2 Å². The lowest BCUT2D eigenvalue weighted by Gasteiger charge is -2.11. The third kappa shape index (κ3) is 2.53. The zero-order chi connectivity index (χ0) is 16.7. The molecule has 2 heterocycles. The number of halogens is 1. The van der Waals surface area contributed by atoms with Gasteiger partial charge in [0.25, 0.3) is 0 Å². The molecule has 24 heavy (non-hydrogen) atoms. The van der Waals surface area contributed by atoms with E-state index < -0.39 is 0 Å². The van der Waals surface area contributed by atoms with Crippen LogP contribution in [-0.2, 0) is 0 Å². The lowest BCUT2D eigenvalue weighted by Crippen LogP contribution is -1.94. The number of nitrogens with zero attached hydrogens (tertiary/aromatic N) is 2. The van der Waals surface area contributed by atoms with Gasteiger partial charge in [-0.1, -0.05) is 6.07 Å². The predicted molar refractivity (Wildman–Crippen MR) is 97.4 cm³/mol. The highest BCUT2D eigenvalue weighted by atomic mass is 32.1. The van der Waals surface area contributed by atoms with E-state index in [1.54, 1.807) is 30.5 Å². The number of rotatable bonds is 2. The summed E-state index contributed by atoms with van der Waals surface area (Å²) in [6.07, 6.45) is 1.63. The zero-order valence-corrected chi connectivity index (χ0v) is 13.8. The van der Waals surface area contributed by atoms with Gasteiger partial charge in [-0.2, -0.15) is 0 Å². The van der Waals surface area contributed by atoms with Crippen molar-refractivity contribution in [3.63, 3.8) is 0 Å². The molecule has 3 nitrogen and oxygen atoms in total. The van der Waals surface area contributed by atoms with Gasteiger partial charge >= 0.3 is 0 Å². The summed E-state index contributed by atoms with van der Waals surface area (Å²) in [5, 5.41) is 0. The first-order valence-electron chi connectivity index (χ1n) is 7.47. The minimum absolute atomic E-state index is 0.221. The van der Waals surface area contributed by atoms with E-state index in [-0.39, 0.29) is 5.82 Å². The van der Waals surface area contributed by atoms with Crippen molar-refractivity contribution in [3.05, 3.63) is 65.6 Å². The van der Waals surface area contributed by atoms with E-state index in [0.717, 1.165) is 32.6 Å². The molecule has 0 unspecified atom stereocenters. The van der Waals surface area contributed by atoms with Gasteiger partial charge in [-0.05, 0) is 54.4 Å². The summed E-state index contributed by atoms with van der Waals surface area (Å²) in [7, 11) is 0. The third-order valence-electron chi connectivity index (χ3n) is 3.98. The second-order valence-electron chi connectivity index (χ2n) is 5.66. The highest BCUT2D eigenvalue weighted by Crippen LogP contribution is 2.34. The van der Waals surface area contributed by atoms with Gasteiger partial charge < -0.3 is 5.73 Å². The number of nitrogens with two attached hydrogens (primary N) is 1. The molecular formula is C19H14FN3S.